The van der Waals surface area contributed by atoms with Crippen molar-refractivity contribution < 1.29 is 33.9 Å². The fraction of sp³-hybridized carbons (Fsp3) is 0.500. The number of halogens is 1. The zero-order chi connectivity index (χ0) is 19.3. The van der Waals surface area contributed by atoms with E-state index < -0.39 is 45.7 Å². The molecule has 0 radical (unpaired) electrons. The number of ether oxygens (including phenoxy) is 1. The lowest BCUT2D eigenvalue weighted by Gasteiger charge is -2.23. The van der Waals surface area contributed by atoms with E-state index in [0.717, 1.165) is 12.1 Å². The van der Waals surface area contributed by atoms with Crippen LogP contribution in [0.3, 0.4) is 0 Å². The number of nitro benzene ring substituents is 1. The molecule has 10 heteroatoms. The summed E-state index contributed by atoms with van der Waals surface area (Å²) in [6, 6.07) is 1.13. The second-order valence-electron chi connectivity index (χ2n) is 5.88. The molecule has 1 aliphatic rings. The zero-order valence-electron chi connectivity index (χ0n) is 13.9. The highest BCUT2D eigenvalue weighted by Gasteiger charge is 2.33. The summed E-state index contributed by atoms with van der Waals surface area (Å²) in [7, 11) is 0. The molecule has 2 N–H and O–H groups in total. The smallest absolute Gasteiger partial charge is 0.303 e. The molecule has 1 unspecified atom stereocenters. The van der Waals surface area contributed by atoms with Crippen molar-refractivity contribution in [2.45, 2.75) is 31.7 Å². The topological polar surface area (TPSA) is 130 Å². The number of aliphatic carboxylic acids is 1. The van der Waals surface area contributed by atoms with Gasteiger partial charge in [-0.1, -0.05) is 0 Å². The van der Waals surface area contributed by atoms with E-state index in [1.807, 2.05) is 0 Å². The number of benzene rings is 1. The van der Waals surface area contributed by atoms with Crippen molar-refractivity contribution in [3.05, 3.63) is 33.6 Å². The van der Waals surface area contributed by atoms with Gasteiger partial charge in [0.1, 0.15) is 5.56 Å². The molecule has 1 heterocycles. The van der Waals surface area contributed by atoms with Gasteiger partial charge >= 0.3 is 5.97 Å². The van der Waals surface area contributed by atoms with Crippen LogP contribution in [-0.4, -0.2) is 57.7 Å². The first-order valence-electron chi connectivity index (χ1n) is 8.09. The first-order chi connectivity index (χ1) is 12.3. The minimum absolute atomic E-state index is 0.106. The van der Waals surface area contributed by atoms with Gasteiger partial charge < -0.3 is 19.8 Å². The number of carbonyl (C=O) groups excluding carboxylic acids is 1. The van der Waals surface area contributed by atoms with E-state index in [-0.39, 0.29) is 26.1 Å². The normalized spacial score (nSPS) is 16.5. The molecule has 26 heavy (non-hydrogen) atoms. The number of rotatable bonds is 8. The van der Waals surface area contributed by atoms with E-state index in [0.29, 0.717) is 19.4 Å². The van der Waals surface area contributed by atoms with Crippen molar-refractivity contribution in [3.63, 3.8) is 0 Å². The standard InChI is InChI=1S/C16H19FN2O7/c17-12-7-11(16(23)18-5-1-3-10(18)9-20)13(19(24)25)8-14(12)26-6-2-4-15(21)22/h7-8,10,20H,1-6,9H2,(H,21,22). The Morgan fingerprint density at radius 2 is 2.15 bits per heavy atom. The van der Waals surface area contributed by atoms with Crippen LogP contribution in [0.15, 0.2) is 12.1 Å². The fourth-order valence-corrected chi connectivity index (χ4v) is 2.83. The lowest BCUT2D eigenvalue weighted by atomic mass is 10.1. The molecule has 1 atom stereocenters. The number of carboxylic acid groups (broad SMARTS) is 1. The van der Waals surface area contributed by atoms with Crippen molar-refractivity contribution in [1.29, 1.82) is 0 Å². The number of likely N-dealkylation sites (tertiary alicyclic amines) is 1. The van der Waals surface area contributed by atoms with Gasteiger partial charge in [0.25, 0.3) is 11.6 Å². The van der Waals surface area contributed by atoms with Crippen molar-refractivity contribution in [3.8, 4) is 5.75 Å². The predicted molar refractivity (Wildman–Crippen MR) is 86.6 cm³/mol. The Morgan fingerprint density at radius 1 is 1.42 bits per heavy atom. The Bertz CT molecular complexity index is 710. The fourth-order valence-electron chi connectivity index (χ4n) is 2.83. The van der Waals surface area contributed by atoms with Crippen molar-refractivity contribution in [2.24, 2.45) is 0 Å². The summed E-state index contributed by atoms with van der Waals surface area (Å²) in [4.78, 5) is 34.8. The highest BCUT2D eigenvalue weighted by molar-refractivity contribution is 5.98. The minimum atomic E-state index is -1.04. The number of nitro groups is 1. The molecule has 2 rings (SSSR count). The highest BCUT2D eigenvalue weighted by Crippen LogP contribution is 2.31. The number of carboxylic acids is 1. The molecule has 1 fully saturated rings. The van der Waals surface area contributed by atoms with E-state index in [4.69, 9.17) is 9.84 Å². The molecule has 0 spiro atoms. The highest BCUT2D eigenvalue weighted by atomic mass is 19.1. The molecule has 0 aliphatic carbocycles. The largest absolute Gasteiger partial charge is 0.490 e. The number of aliphatic hydroxyl groups is 1. The van der Waals surface area contributed by atoms with Gasteiger partial charge in [-0.05, 0) is 25.3 Å². The van der Waals surface area contributed by atoms with Gasteiger partial charge in [-0.15, -0.1) is 0 Å². The predicted octanol–water partition coefficient (Wildman–Crippen LogP) is 1.57. The maximum atomic E-state index is 14.2. The zero-order valence-corrected chi connectivity index (χ0v) is 13.9. The molecule has 9 nitrogen and oxygen atoms in total. The van der Waals surface area contributed by atoms with Gasteiger partial charge in [0.05, 0.1) is 30.2 Å². The number of carbonyl (C=O) groups is 2. The van der Waals surface area contributed by atoms with Gasteiger partial charge in [-0.2, -0.15) is 0 Å². The Kier molecular flexibility index (Phi) is 6.45. The van der Waals surface area contributed by atoms with Crippen LogP contribution in [0.5, 0.6) is 5.75 Å². The van der Waals surface area contributed by atoms with E-state index in [2.05, 4.69) is 0 Å². The summed E-state index contributed by atoms with van der Waals surface area (Å²) in [5.74, 6) is -3.12. The molecule has 1 aromatic carbocycles. The molecular weight excluding hydrogens is 351 g/mol. The summed E-state index contributed by atoms with van der Waals surface area (Å²) in [6.45, 7) is -0.0740. The first kappa shape index (κ1) is 19.6. The Balaban J connectivity index is 2.24. The van der Waals surface area contributed by atoms with Crippen LogP contribution < -0.4 is 4.74 Å². The summed E-state index contributed by atoms with van der Waals surface area (Å²) < 4.78 is 19.3. The van der Waals surface area contributed by atoms with E-state index >= 15 is 0 Å². The van der Waals surface area contributed by atoms with Crippen LogP contribution in [0.2, 0.25) is 0 Å². The van der Waals surface area contributed by atoms with Gasteiger partial charge in [0.2, 0.25) is 0 Å². The maximum absolute atomic E-state index is 14.2. The number of amides is 1. The average Bonchev–Trinajstić information content (AvgIpc) is 3.07. The lowest BCUT2D eigenvalue weighted by Crippen LogP contribution is -2.38. The number of nitrogens with zero attached hydrogens (tertiary/aromatic N) is 2. The molecule has 1 aliphatic heterocycles. The molecule has 142 valence electrons. The monoisotopic (exact) mass is 370 g/mol. The molecule has 1 saturated heterocycles. The third-order valence-corrected chi connectivity index (χ3v) is 4.12. The van der Waals surface area contributed by atoms with Gasteiger partial charge in [-0.3, -0.25) is 19.7 Å². The second-order valence-corrected chi connectivity index (χ2v) is 5.88. The SMILES string of the molecule is O=C(O)CCCOc1cc([N+](=O)[O-])c(C(=O)N2CCCC2CO)cc1F. The van der Waals surface area contributed by atoms with Crippen molar-refractivity contribution in [2.75, 3.05) is 19.8 Å². The van der Waals surface area contributed by atoms with Gasteiger partial charge in [0, 0.05) is 13.0 Å². The quantitative estimate of drug-likeness (QED) is 0.403. The third kappa shape index (κ3) is 4.45. The molecule has 0 bridgehead atoms. The van der Waals surface area contributed by atoms with Gasteiger partial charge in [0.15, 0.2) is 11.6 Å². The Labute approximate surface area is 148 Å². The molecule has 0 aromatic heterocycles. The summed E-state index contributed by atoms with van der Waals surface area (Å²) in [5.41, 5.74) is -1.01. The molecule has 0 saturated carbocycles. The second kappa shape index (κ2) is 8.56. The average molecular weight is 370 g/mol. The van der Waals surface area contributed by atoms with Crippen molar-refractivity contribution >= 4 is 17.6 Å². The van der Waals surface area contributed by atoms with E-state index in [1.165, 1.54) is 4.90 Å². The summed E-state index contributed by atoms with van der Waals surface area (Å²) in [5, 5.41) is 29.2. The lowest BCUT2D eigenvalue weighted by molar-refractivity contribution is -0.385. The maximum Gasteiger partial charge on any atom is 0.303 e. The van der Waals surface area contributed by atoms with Crippen LogP contribution in [0.1, 0.15) is 36.0 Å². The molecule has 1 amide bonds. The van der Waals surface area contributed by atoms with Crippen LogP contribution in [0, 0.1) is 15.9 Å². The van der Waals surface area contributed by atoms with Crippen LogP contribution in [-0.2, 0) is 4.79 Å². The van der Waals surface area contributed by atoms with E-state index in [1.54, 1.807) is 0 Å². The Morgan fingerprint density at radius 3 is 2.77 bits per heavy atom. The van der Waals surface area contributed by atoms with Crippen LogP contribution in [0.4, 0.5) is 10.1 Å². The number of hydrogen-bond donors (Lipinski definition) is 2. The number of hydrogen-bond acceptors (Lipinski definition) is 6. The molecule has 1 aromatic rings. The van der Waals surface area contributed by atoms with Crippen LogP contribution >= 0.6 is 0 Å². The van der Waals surface area contributed by atoms with Crippen LogP contribution in [0.25, 0.3) is 0 Å². The van der Waals surface area contributed by atoms with Gasteiger partial charge in [-0.25, -0.2) is 4.39 Å². The van der Waals surface area contributed by atoms with E-state index in [9.17, 15) is 29.2 Å². The number of aliphatic hydroxyl groups excluding tert-OH is 1. The van der Waals surface area contributed by atoms with Crippen molar-refractivity contribution in [1.82, 2.24) is 4.90 Å². The minimum Gasteiger partial charge on any atom is -0.490 e. The molecular formula is C16H19FN2O7. The summed E-state index contributed by atoms with van der Waals surface area (Å²) in [6.07, 6.45) is 1.15. The first-order valence-corrected chi connectivity index (χ1v) is 8.09. The Hall–Kier alpha value is -2.75. The third-order valence-electron chi connectivity index (χ3n) is 4.12. The summed E-state index contributed by atoms with van der Waals surface area (Å²) >= 11 is 0.